The minimum absolute atomic E-state index is 0.0205. The smallest absolute Gasteiger partial charge is 0.325 e. The Bertz CT molecular complexity index is 941. The fraction of sp³-hybridized carbons (Fsp3) is 0.421. The molecule has 1 aromatic carbocycles. The molecule has 0 unspecified atom stereocenters. The minimum atomic E-state index is -0.536. The number of amides is 1. The van der Waals surface area contributed by atoms with Crippen LogP contribution in [0.2, 0.25) is 0 Å². The highest BCUT2D eigenvalue weighted by Gasteiger charge is 2.17. The number of rotatable bonds is 6. The Morgan fingerprint density at radius 3 is 2.89 bits per heavy atom. The quantitative estimate of drug-likeness (QED) is 0.708. The number of nitrogens with zero attached hydrogens (tertiary/aromatic N) is 2. The van der Waals surface area contributed by atoms with Crippen LogP contribution in [0.25, 0.3) is 10.2 Å². The SMILES string of the molecule is CCCCc1ccc2c(c1)sc(=NC(=O)C1=COCCO1)n2CC(=O)OC. The van der Waals surface area contributed by atoms with Crippen molar-refractivity contribution in [2.45, 2.75) is 32.7 Å². The van der Waals surface area contributed by atoms with Gasteiger partial charge in [-0.05, 0) is 30.5 Å². The van der Waals surface area contributed by atoms with Crippen molar-refractivity contribution in [2.75, 3.05) is 20.3 Å². The molecule has 8 heteroatoms. The van der Waals surface area contributed by atoms with E-state index in [2.05, 4.69) is 18.0 Å². The number of carbonyl (C=O) groups excluding carboxylic acids is 2. The van der Waals surface area contributed by atoms with E-state index in [1.165, 1.54) is 30.3 Å². The maximum absolute atomic E-state index is 12.4. The van der Waals surface area contributed by atoms with Gasteiger partial charge >= 0.3 is 11.9 Å². The number of aryl methyl sites for hydroxylation is 1. The van der Waals surface area contributed by atoms with Gasteiger partial charge in [-0.3, -0.25) is 9.59 Å². The van der Waals surface area contributed by atoms with E-state index in [-0.39, 0.29) is 12.3 Å². The molecule has 0 fully saturated rings. The van der Waals surface area contributed by atoms with E-state index in [1.807, 2.05) is 12.1 Å². The lowest BCUT2D eigenvalue weighted by atomic mass is 10.1. The lowest BCUT2D eigenvalue weighted by molar-refractivity contribution is -0.141. The minimum Gasteiger partial charge on any atom is -0.494 e. The van der Waals surface area contributed by atoms with Gasteiger partial charge in [0.05, 0.1) is 17.3 Å². The van der Waals surface area contributed by atoms with Gasteiger partial charge in [0, 0.05) is 0 Å². The van der Waals surface area contributed by atoms with Gasteiger partial charge in [-0.25, -0.2) is 0 Å². The summed E-state index contributed by atoms with van der Waals surface area (Å²) in [7, 11) is 1.33. The van der Waals surface area contributed by atoms with E-state index < -0.39 is 11.9 Å². The van der Waals surface area contributed by atoms with E-state index in [4.69, 9.17) is 14.2 Å². The summed E-state index contributed by atoms with van der Waals surface area (Å²) in [6, 6.07) is 6.10. The van der Waals surface area contributed by atoms with Crippen LogP contribution in [-0.4, -0.2) is 36.8 Å². The summed E-state index contributed by atoms with van der Waals surface area (Å²) in [5.74, 6) is -0.881. The highest BCUT2D eigenvalue weighted by molar-refractivity contribution is 7.16. The molecule has 0 spiro atoms. The Morgan fingerprint density at radius 2 is 2.19 bits per heavy atom. The van der Waals surface area contributed by atoms with Crippen molar-refractivity contribution in [1.82, 2.24) is 4.57 Å². The second kappa shape index (κ2) is 8.85. The van der Waals surface area contributed by atoms with Gasteiger partial charge in [-0.1, -0.05) is 30.7 Å². The van der Waals surface area contributed by atoms with Crippen molar-refractivity contribution in [3.8, 4) is 0 Å². The molecule has 0 atom stereocenters. The summed E-state index contributed by atoms with van der Waals surface area (Å²) in [6.07, 6.45) is 4.50. The summed E-state index contributed by atoms with van der Waals surface area (Å²) < 4.78 is 17.9. The molecule has 0 bridgehead atoms. The normalized spacial score (nSPS) is 14.4. The van der Waals surface area contributed by atoms with Crippen LogP contribution in [0.15, 0.2) is 35.2 Å². The fourth-order valence-corrected chi connectivity index (χ4v) is 3.80. The van der Waals surface area contributed by atoms with Crippen LogP contribution in [0, 0.1) is 0 Å². The van der Waals surface area contributed by atoms with Crippen LogP contribution < -0.4 is 4.80 Å². The van der Waals surface area contributed by atoms with Crippen molar-refractivity contribution < 1.29 is 23.8 Å². The number of ether oxygens (including phenoxy) is 3. The molecule has 0 saturated heterocycles. The van der Waals surface area contributed by atoms with Gasteiger partial charge in [0.15, 0.2) is 4.80 Å². The number of carbonyl (C=O) groups is 2. The first-order valence-corrected chi connectivity index (χ1v) is 9.66. The third kappa shape index (κ3) is 4.57. The molecule has 1 amide bonds. The predicted molar refractivity (Wildman–Crippen MR) is 101 cm³/mol. The van der Waals surface area contributed by atoms with Crippen molar-refractivity contribution in [2.24, 2.45) is 4.99 Å². The van der Waals surface area contributed by atoms with Gasteiger partial charge in [0.2, 0.25) is 5.76 Å². The number of hydrogen-bond acceptors (Lipinski definition) is 6. The third-order valence-electron chi connectivity index (χ3n) is 4.14. The summed E-state index contributed by atoms with van der Waals surface area (Å²) in [5.41, 5.74) is 2.06. The van der Waals surface area contributed by atoms with Crippen molar-refractivity contribution >= 4 is 33.4 Å². The molecular weight excluding hydrogens is 368 g/mol. The molecule has 2 aromatic rings. The fourth-order valence-electron chi connectivity index (χ4n) is 2.71. The molecule has 0 aliphatic carbocycles. The average Bonchev–Trinajstić information content (AvgIpc) is 3.03. The van der Waals surface area contributed by atoms with Crippen LogP contribution in [-0.2, 0) is 36.8 Å². The van der Waals surface area contributed by atoms with Gasteiger partial charge in [-0.15, -0.1) is 0 Å². The van der Waals surface area contributed by atoms with Crippen molar-refractivity contribution in [1.29, 1.82) is 0 Å². The van der Waals surface area contributed by atoms with E-state index in [9.17, 15) is 9.59 Å². The molecule has 3 rings (SSSR count). The molecule has 0 radical (unpaired) electrons. The second-order valence-corrected chi connectivity index (χ2v) is 7.08. The molecule has 1 aliphatic heterocycles. The first-order chi connectivity index (χ1) is 13.1. The van der Waals surface area contributed by atoms with Crippen LogP contribution in [0.1, 0.15) is 25.3 Å². The topological polar surface area (TPSA) is 79.1 Å². The molecule has 2 heterocycles. The van der Waals surface area contributed by atoms with Gasteiger partial charge < -0.3 is 18.8 Å². The predicted octanol–water partition coefficient (Wildman–Crippen LogP) is 2.53. The maximum Gasteiger partial charge on any atom is 0.325 e. The van der Waals surface area contributed by atoms with Gasteiger partial charge in [0.1, 0.15) is 26.0 Å². The van der Waals surface area contributed by atoms with Gasteiger partial charge in [0.25, 0.3) is 0 Å². The van der Waals surface area contributed by atoms with Crippen LogP contribution in [0.5, 0.6) is 0 Å². The number of methoxy groups -OCH3 is 1. The van der Waals surface area contributed by atoms with Crippen LogP contribution in [0.3, 0.4) is 0 Å². The zero-order chi connectivity index (χ0) is 19.2. The number of fused-ring (bicyclic) bond motifs is 1. The lowest BCUT2D eigenvalue weighted by Crippen LogP contribution is -2.23. The molecular formula is C19H22N2O5S. The van der Waals surface area contributed by atoms with Crippen LogP contribution >= 0.6 is 11.3 Å². The first kappa shape index (κ1) is 19.2. The highest BCUT2D eigenvalue weighted by atomic mass is 32.1. The van der Waals surface area contributed by atoms with E-state index in [0.717, 1.165) is 29.5 Å². The number of esters is 1. The Balaban J connectivity index is 2.04. The average molecular weight is 390 g/mol. The first-order valence-electron chi connectivity index (χ1n) is 8.85. The lowest BCUT2D eigenvalue weighted by Gasteiger charge is -2.12. The Kier molecular flexibility index (Phi) is 6.28. The number of hydrogen-bond donors (Lipinski definition) is 0. The van der Waals surface area contributed by atoms with E-state index in [0.29, 0.717) is 18.0 Å². The monoisotopic (exact) mass is 390 g/mol. The molecule has 1 aromatic heterocycles. The molecule has 7 nitrogen and oxygen atoms in total. The third-order valence-corrected chi connectivity index (χ3v) is 5.18. The molecule has 0 saturated carbocycles. The molecule has 0 N–H and O–H groups in total. The molecule has 1 aliphatic rings. The van der Waals surface area contributed by atoms with E-state index in [1.54, 1.807) is 4.57 Å². The number of aromatic nitrogens is 1. The number of unbranched alkanes of at least 4 members (excludes halogenated alkanes) is 1. The van der Waals surface area contributed by atoms with Gasteiger partial charge in [-0.2, -0.15) is 4.99 Å². The molecule has 27 heavy (non-hydrogen) atoms. The number of benzene rings is 1. The summed E-state index contributed by atoms with van der Waals surface area (Å²) >= 11 is 1.36. The maximum atomic E-state index is 12.4. The van der Waals surface area contributed by atoms with Crippen molar-refractivity contribution in [3.63, 3.8) is 0 Å². The summed E-state index contributed by atoms with van der Waals surface area (Å²) in [6.45, 7) is 2.85. The Hall–Kier alpha value is -2.61. The largest absolute Gasteiger partial charge is 0.494 e. The Labute approximate surface area is 160 Å². The zero-order valence-electron chi connectivity index (χ0n) is 15.4. The second-order valence-electron chi connectivity index (χ2n) is 6.07. The number of thiazole rings is 1. The summed E-state index contributed by atoms with van der Waals surface area (Å²) in [5, 5.41) is 0. The zero-order valence-corrected chi connectivity index (χ0v) is 16.2. The van der Waals surface area contributed by atoms with E-state index >= 15 is 0 Å². The highest BCUT2D eigenvalue weighted by Crippen LogP contribution is 2.21. The standard InChI is InChI=1S/C19H22N2O5S/c1-3-4-5-13-6-7-14-16(10-13)27-19(21(14)11-17(22)24-2)20-18(23)15-12-25-8-9-26-15/h6-7,10,12H,3-5,8-9,11H2,1-2H3. The van der Waals surface area contributed by atoms with Crippen LogP contribution in [0.4, 0.5) is 0 Å². The Morgan fingerprint density at radius 1 is 1.33 bits per heavy atom. The van der Waals surface area contributed by atoms with Crippen molar-refractivity contribution in [3.05, 3.63) is 40.6 Å². The molecule has 144 valence electrons. The summed E-state index contributed by atoms with van der Waals surface area (Å²) in [4.78, 5) is 28.8.